The van der Waals surface area contributed by atoms with Crippen molar-refractivity contribution >= 4 is 6.03 Å². The zero-order valence-electron chi connectivity index (χ0n) is 15.3. The molecule has 25 heavy (non-hydrogen) atoms. The summed E-state index contributed by atoms with van der Waals surface area (Å²) in [5.74, 6) is 1.34. The molecule has 0 aliphatic carbocycles. The maximum Gasteiger partial charge on any atom is 0.317 e. The van der Waals surface area contributed by atoms with Gasteiger partial charge < -0.3 is 14.7 Å². The maximum atomic E-state index is 12.5. The van der Waals surface area contributed by atoms with E-state index in [0.29, 0.717) is 12.4 Å². The third-order valence-corrected chi connectivity index (χ3v) is 5.06. The van der Waals surface area contributed by atoms with Gasteiger partial charge in [0.15, 0.2) is 5.82 Å². The monoisotopic (exact) mass is 347 g/mol. The van der Waals surface area contributed by atoms with Crippen molar-refractivity contribution in [2.75, 3.05) is 26.2 Å². The van der Waals surface area contributed by atoms with Crippen LogP contribution in [0, 0.1) is 6.92 Å². The molecule has 2 aliphatic rings. The smallest absolute Gasteiger partial charge is 0.317 e. The van der Waals surface area contributed by atoms with Crippen LogP contribution in [0.3, 0.4) is 0 Å². The second-order valence-electron chi connectivity index (χ2n) is 6.95. The summed E-state index contributed by atoms with van der Waals surface area (Å²) in [6.07, 6.45) is 7.63. The third kappa shape index (κ3) is 4.81. The van der Waals surface area contributed by atoms with Crippen LogP contribution < -0.4 is 5.32 Å². The van der Waals surface area contributed by atoms with Gasteiger partial charge in [0.2, 0.25) is 5.89 Å². The van der Waals surface area contributed by atoms with Crippen molar-refractivity contribution in [3.63, 3.8) is 0 Å². The largest absolute Gasteiger partial charge is 0.340 e. The molecule has 0 radical (unpaired) electrons. The summed E-state index contributed by atoms with van der Waals surface area (Å²) in [4.78, 5) is 21.0. The van der Waals surface area contributed by atoms with Gasteiger partial charge in [-0.2, -0.15) is 4.98 Å². The molecule has 2 amide bonds. The Kier molecular flexibility index (Phi) is 6.07. The van der Waals surface area contributed by atoms with Gasteiger partial charge in [-0.25, -0.2) is 4.79 Å². The van der Waals surface area contributed by atoms with E-state index in [9.17, 15) is 4.79 Å². The van der Waals surface area contributed by atoms with Gasteiger partial charge >= 0.3 is 6.03 Å². The molecular weight excluding hydrogens is 318 g/mol. The van der Waals surface area contributed by atoms with Crippen LogP contribution in [0.5, 0.6) is 0 Å². The molecule has 2 aliphatic heterocycles. The molecule has 1 aromatic heterocycles. The topological polar surface area (TPSA) is 74.5 Å². The Morgan fingerprint density at radius 3 is 2.72 bits per heavy atom. The fourth-order valence-corrected chi connectivity index (χ4v) is 3.59. The Morgan fingerprint density at radius 1 is 1.32 bits per heavy atom. The fraction of sp³-hybridized carbons (Fsp3) is 0.722. The number of aryl methyl sites for hydroxylation is 1. The molecule has 3 heterocycles. The highest BCUT2D eigenvalue weighted by Crippen LogP contribution is 2.19. The van der Waals surface area contributed by atoms with Gasteiger partial charge in [0, 0.05) is 33.1 Å². The number of rotatable bonds is 5. The number of urea groups is 1. The molecule has 0 unspecified atom stereocenters. The van der Waals surface area contributed by atoms with Crippen LogP contribution in [-0.2, 0) is 6.54 Å². The van der Waals surface area contributed by atoms with Crippen LogP contribution in [0.15, 0.2) is 16.2 Å². The van der Waals surface area contributed by atoms with E-state index in [2.05, 4.69) is 33.4 Å². The van der Waals surface area contributed by atoms with E-state index in [-0.39, 0.29) is 12.1 Å². The number of nitrogens with one attached hydrogen (secondary N) is 1. The first kappa shape index (κ1) is 17.9. The minimum Gasteiger partial charge on any atom is -0.340 e. The van der Waals surface area contributed by atoms with Crippen molar-refractivity contribution in [2.45, 2.75) is 58.5 Å². The van der Waals surface area contributed by atoms with Gasteiger partial charge in [-0.05, 0) is 37.7 Å². The highest BCUT2D eigenvalue weighted by Gasteiger charge is 2.23. The third-order valence-electron chi connectivity index (χ3n) is 5.06. The molecule has 7 heteroatoms. The van der Waals surface area contributed by atoms with E-state index >= 15 is 0 Å². The number of piperidine rings is 1. The van der Waals surface area contributed by atoms with Crippen molar-refractivity contribution in [1.82, 2.24) is 25.3 Å². The molecular formula is C18H29N5O2. The second kappa shape index (κ2) is 8.47. The Hall–Kier alpha value is -1.89. The summed E-state index contributed by atoms with van der Waals surface area (Å²) >= 11 is 0. The number of carbonyl (C=O) groups is 1. The molecule has 3 rings (SSSR count). The van der Waals surface area contributed by atoms with E-state index < -0.39 is 0 Å². The molecule has 1 fully saturated rings. The zero-order chi connectivity index (χ0) is 17.6. The van der Waals surface area contributed by atoms with Crippen molar-refractivity contribution in [1.29, 1.82) is 0 Å². The standard InChI is InChI=1S/C18H29N5O2/c1-3-16(20-18(24)23-9-5-4-6-10-23)15-7-11-22(12-8-15)13-17-19-14(2)25-21-17/h7,16H,3-6,8-13H2,1-2H3,(H,20,24)/t16-/m1/s1. The minimum atomic E-state index is 0.0946. The van der Waals surface area contributed by atoms with Crippen molar-refractivity contribution in [2.24, 2.45) is 0 Å². The number of amides is 2. The minimum absolute atomic E-state index is 0.0946. The molecule has 138 valence electrons. The summed E-state index contributed by atoms with van der Waals surface area (Å²) in [5, 5.41) is 7.19. The molecule has 0 aromatic carbocycles. The zero-order valence-corrected chi connectivity index (χ0v) is 15.3. The van der Waals surface area contributed by atoms with E-state index in [1.165, 1.54) is 12.0 Å². The summed E-state index contributed by atoms with van der Waals surface area (Å²) in [5.41, 5.74) is 1.34. The van der Waals surface area contributed by atoms with Gasteiger partial charge in [0.05, 0.1) is 12.6 Å². The summed E-state index contributed by atoms with van der Waals surface area (Å²) in [6.45, 7) is 8.24. The Morgan fingerprint density at radius 2 is 2.12 bits per heavy atom. The SMILES string of the molecule is CC[C@@H](NC(=O)N1CCCCC1)C1=CCN(Cc2noc(C)n2)CC1. The van der Waals surface area contributed by atoms with Crippen LogP contribution >= 0.6 is 0 Å². The normalized spacial score (nSPS) is 20.2. The predicted octanol–water partition coefficient (Wildman–Crippen LogP) is 2.48. The van der Waals surface area contributed by atoms with E-state index in [0.717, 1.165) is 57.7 Å². The van der Waals surface area contributed by atoms with E-state index in [4.69, 9.17) is 4.52 Å². The maximum absolute atomic E-state index is 12.5. The quantitative estimate of drug-likeness (QED) is 0.828. The summed E-state index contributed by atoms with van der Waals surface area (Å²) in [6, 6.07) is 0.237. The average molecular weight is 347 g/mol. The lowest BCUT2D eigenvalue weighted by atomic mass is 9.98. The van der Waals surface area contributed by atoms with Crippen LogP contribution in [-0.4, -0.2) is 58.2 Å². The van der Waals surface area contributed by atoms with Crippen molar-refractivity contribution < 1.29 is 9.32 Å². The molecule has 0 bridgehead atoms. The van der Waals surface area contributed by atoms with Crippen LogP contribution in [0.2, 0.25) is 0 Å². The van der Waals surface area contributed by atoms with Gasteiger partial charge in [-0.1, -0.05) is 18.2 Å². The Balaban J connectivity index is 1.52. The highest BCUT2D eigenvalue weighted by atomic mass is 16.5. The van der Waals surface area contributed by atoms with Crippen molar-refractivity contribution in [3.8, 4) is 0 Å². The molecule has 1 aromatic rings. The van der Waals surface area contributed by atoms with E-state index in [1.54, 1.807) is 0 Å². The lowest BCUT2D eigenvalue weighted by Gasteiger charge is -2.32. The van der Waals surface area contributed by atoms with Gasteiger partial charge in [0.25, 0.3) is 0 Å². The fourth-order valence-electron chi connectivity index (χ4n) is 3.59. The Bertz CT molecular complexity index is 606. The molecule has 0 spiro atoms. The molecule has 7 nitrogen and oxygen atoms in total. The number of nitrogens with zero attached hydrogens (tertiary/aromatic N) is 4. The second-order valence-corrected chi connectivity index (χ2v) is 6.95. The van der Waals surface area contributed by atoms with Crippen LogP contribution in [0.25, 0.3) is 0 Å². The van der Waals surface area contributed by atoms with E-state index in [1.807, 2.05) is 11.8 Å². The van der Waals surface area contributed by atoms with Crippen LogP contribution in [0.1, 0.15) is 50.7 Å². The highest BCUT2D eigenvalue weighted by molar-refractivity contribution is 5.75. The number of hydrogen-bond acceptors (Lipinski definition) is 5. The summed E-state index contributed by atoms with van der Waals surface area (Å²) in [7, 11) is 0. The first-order valence-electron chi connectivity index (χ1n) is 9.41. The number of aromatic nitrogens is 2. The predicted molar refractivity (Wildman–Crippen MR) is 95.0 cm³/mol. The number of hydrogen-bond donors (Lipinski definition) is 1. The van der Waals surface area contributed by atoms with Crippen LogP contribution in [0.4, 0.5) is 4.79 Å². The Labute approximate surface area is 149 Å². The molecule has 0 saturated carbocycles. The molecule has 1 N–H and O–H groups in total. The van der Waals surface area contributed by atoms with Crippen molar-refractivity contribution in [3.05, 3.63) is 23.4 Å². The van der Waals surface area contributed by atoms with Gasteiger partial charge in [0.1, 0.15) is 0 Å². The average Bonchev–Trinajstić information content (AvgIpc) is 3.06. The molecule has 1 saturated heterocycles. The number of carbonyl (C=O) groups excluding carboxylic acids is 1. The lowest BCUT2D eigenvalue weighted by molar-refractivity contribution is 0.183. The van der Waals surface area contributed by atoms with Gasteiger partial charge in [-0.15, -0.1) is 0 Å². The summed E-state index contributed by atoms with van der Waals surface area (Å²) < 4.78 is 5.03. The lowest BCUT2D eigenvalue weighted by Crippen LogP contribution is -2.48. The van der Waals surface area contributed by atoms with Gasteiger partial charge in [-0.3, -0.25) is 4.90 Å². The first-order chi connectivity index (χ1) is 12.2. The molecule has 1 atom stereocenters. The first-order valence-corrected chi connectivity index (χ1v) is 9.41. The number of likely N-dealkylation sites (tertiary alicyclic amines) is 1.